The summed E-state index contributed by atoms with van der Waals surface area (Å²) < 4.78 is 13.4. The molecular formula is C16H22ClFN2O. The van der Waals surface area contributed by atoms with Crippen LogP contribution in [0.4, 0.5) is 4.39 Å². The van der Waals surface area contributed by atoms with Crippen molar-refractivity contribution in [3.05, 3.63) is 35.6 Å². The minimum absolute atomic E-state index is 0. The summed E-state index contributed by atoms with van der Waals surface area (Å²) >= 11 is 0. The molecule has 1 N–H and O–H groups in total. The van der Waals surface area contributed by atoms with Gasteiger partial charge in [0.25, 0.3) is 0 Å². The molecule has 116 valence electrons. The smallest absolute Gasteiger partial charge is 0.223 e. The monoisotopic (exact) mass is 312 g/mol. The van der Waals surface area contributed by atoms with E-state index in [-0.39, 0.29) is 30.2 Å². The largest absolute Gasteiger partial charge is 0.333 e. The van der Waals surface area contributed by atoms with Crippen molar-refractivity contribution in [1.29, 1.82) is 0 Å². The van der Waals surface area contributed by atoms with Crippen molar-refractivity contribution in [3.8, 4) is 0 Å². The van der Waals surface area contributed by atoms with E-state index < -0.39 is 0 Å². The molecule has 1 amide bonds. The van der Waals surface area contributed by atoms with Crippen LogP contribution in [-0.2, 0) is 4.79 Å². The molecule has 1 unspecified atom stereocenters. The predicted octanol–water partition coefficient (Wildman–Crippen LogP) is 2.91. The molecule has 1 saturated carbocycles. The van der Waals surface area contributed by atoms with Gasteiger partial charge in [0.15, 0.2) is 0 Å². The van der Waals surface area contributed by atoms with Crippen molar-refractivity contribution in [2.75, 3.05) is 19.6 Å². The Balaban J connectivity index is 0.00000161. The number of piperazine rings is 1. The van der Waals surface area contributed by atoms with E-state index in [0.717, 1.165) is 24.4 Å². The third-order valence-corrected chi connectivity index (χ3v) is 4.26. The zero-order valence-corrected chi connectivity index (χ0v) is 12.9. The Morgan fingerprint density at radius 1 is 1.38 bits per heavy atom. The molecule has 5 heteroatoms. The third kappa shape index (κ3) is 4.17. The zero-order chi connectivity index (χ0) is 13.9. The molecule has 1 heterocycles. The van der Waals surface area contributed by atoms with E-state index in [1.807, 2.05) is 11.0 Å². The lowest BCUT2D eigenvalue weighted by molar-refractivity contribution is -0.134. The zero-order valence-electron chi connectivity index (χ0n) is 12.1. The Kier molecular flexibility index (Phi) is 5.59. The van der Waals surface area contributed by atoms with Gasteiger partial charge in [-0.2, -0.15) is 0 Å². The molecule has 1 atom stereocenters. The lowest BCUT2D eigenvalue weighted by Crippen LogP contribution is -2.48. The highest BCUT2D eigenvalue weighted by Crippen LogP contribution is 2.34. The van der Waals surface area contributed by atoms with Gasteiger partial charge in [-0.15, -0.1) is 12.4 Å². The SMILES string of the molecule is Cl.O=C(CCC1CC1)N1CCNCC1c1cccc(F)c1. The highest BCUT2D eigenvalue weighted by Gasteiger charge is 2.29. The second-order valence-corrected chi connectivity index (χ2v) is 5.84. The molecule has 21 heavy (non-hydrogen) atoms. The maximum atomic E-state index is 13.4. The average molecular weight is 313 g/mol. The first-order chi connectivity index (χ1) is 9.74. The fourth-order valence-electron chi connectivity index (χ4n) is 2.89. The lowest BCUT2D eigenvalue weighted by atomic mass is 10.0. The van der Waals surface area contributed by atoms with Crippen molar-refractivity contribution in [2.45, 2.75) is 31.7 Å². The third-order valence-electron chi connectivity index (χ3n) is 4.26. The van der Waals surface area contributed by atoms with E-state index in [1.54, 1.807) is 12.1 Å². The normalized spacial score (nSPS) is 21.8. The number of carbonyl (C=O) groups is 1. The van der Waals surface area contributed by atoms with Gasteiger partial charge in [-0.1, -0.05) is 25.0 Å². The quantitative estimate of drug-likeness (QED) is 0.927. The summed E-state index contributed by atoms with van der Waals surface area (Å²) in [5.41, 5.74) is 0.886. The van der Waals surface area contributed by atoms with Crippen LogP contribution in [0.15, 0.2) is 24.3 Å². The molecule has 2 aliphatic rings. The van der Waals surface area contributed by atoms with Crippen LogP contribution in [0.3, 0.4) is 0 Å². The van der Waals surface area contributed by atoms with Crippen molar-refractivity contribution in [1.82, 2.24) is 10.2 Å². The molecule has 1 saturated heterocycles. The summed E-state index contributed by atoms with van der Waals surface area (Å²) in [7, 11) is 0. The van der Waals surface area contributed by atoms with Gasteiger partial charge in [0.1, 0.15) is 5.82 Å². The van der Waals surface area contributed by atoms with E-state index in [2.05, 4.69) is 5.32 Å². The number of hydrogen-bond acceptors (Lipinski definition) is 2. The highest BCUT2D eigenvalue weighted by molar-refractivity contribution is 5.85. The van der Waals surface area contributed by atoms with Crippen LogP contribution in [0.1, 0.15) is 37.3 Å². The molecule has 1 aromatic carbocycles. The van der Waals surface area contributed by atoms with Gasteiger partial charge in [0, 0.05) is 26.1 Å². The highest BCUT2D eigenvalue weighted by atomic mass is 35.5. The molecule has 2 fully saturated rings. The molecule has 1 aliphatic heterocycles. The Hall–Kier alpha value is -1.13. The van der Waals surface area contributed by atoms with Crippen LogP contribution >= 0.6 is 12.4 Å². The molecule has 0 radical (unpaired) electrons. The maximum absolute atomic E-state index is 13.4. The van der Waals surface area contributed by atoms with Crippen molar-refractivity contribution in [3.63, 3.8) is 0 Å². The van der Waals surface area contributed by atoms with Gasteiger partial charge >= 0.3 is 0 Å². The van der Waals surface area contributed by atoms with Gasteiger partial charge in [0.2, 0.25) is 5.91 Å². The standard InChI is InChI=1S/C16H21FN2O.ClH/c17-14-3-1-2-13(10-14)15-11-18-8-9-19(15)16(20)7-6-12-4-5-12;/h1-3,10,12,15,18H,4-9,11H2;1H. The van der Waals surface area contributed by atoms with E-state index in [1.165, 1.54) is 18.9 Å². The Morgan fingerprint density at radius 2 is 2.19 bits per heavy atom. The number of rotatable bonds is 4. The van der Waals surface area contributed by atoms with Gasteiger partial charge in [-0.3, -0.25) is 4.79 Å². The van der Waals surface area contributed by atoms with Crippen LogP contribution in [0.5, 0.6) is 0 Å². The minimum Gasteiger partial charge on any atom is -0.333 e. The number of benzene rings is 1. The molecule has 0 bridgehead atoms. The summed E-state index contributed by atoms with van der Waals surface area (Å²) in [6, 6.07) is 6.57. The van der Waals surface area contributed by atoms with Gasteiger partial charge in [-0.25, -0.2) is 4.39 Å². The van der Waals surface area contributed by atoms with Crippen molar-refractivity contribution in [2.24, 2.45) is 5.92 Å². The van der Waals surface area contributed by atoms with E-state index in [9.17, 15) is 9.18 Å². The molecule has 3 rings (SSSR count). The maximum Gasteiger partial charge on any atom is 0.223 e. The fraction of sp³-hybridized carbons (Fsp3) is 0.562. The summed E-state index contributed by atoms with van der Waals surface area (Å²) in [6.45, 7) is 2.24. The summed E-state index contributed by atoms with van der Waals surface area (Å²) in [5, 5.41) is 3.30. The first kappa shape index (κ1) is 16.2. The Bertz CT molecular complexity index is 493. The first-order valence-corrected chi connectivity index (χ1v) is 7.49. The second kappa shape index (κ2) is 7.23. The fourth-order valence-corrected chi connectivity index (χ4v) is 2.89. The molecule has 1 aromatic rings. The lowest BCUT2D eigenvalue weighted by Gasteiger charge is -2.36. The van der Waals surface area contributed by atoms with Gasteiger partial charge in [0.05, 0.1) is 6.04 Å². The Morgan fingerprint density at radius 3 is 2.90 bits per heavy atom. The molecule has 0 aromatic heterocycles. The minimum atomic E-state index is -0.238. The Labute approximate surface area is 131 Å². The van der Waals surface area contributed by atoms with Crippen LogP contribution in [0.25, 0.3) is 0 Å². The second-order valence-electron chi connectivity index (χ2n) is 5.84. The van der Waals surface area contributed by atoms with Crippen LogP contribution < -0.4 is 5.32 Å². The van der Waals surface area contributed by atoms with Crippen molar-refractivity contribution < 1.29 is 9.18 Å². The molecular weight excluding hydrogens is 291 g/mol. The predicted molar refractivity (Wildman–Crippen MR) is 82.9 cm³/mol. The first-order valence-electron chi connectivity index (χ1n) is 7.49. The number of halogens is 2. The van der Waals surface area contributed by atoms with Crippen LogP contribution in [0, 0.1) is 11.7 Å². The van der Waals surface area contributed by atoms with E-state index in [4.69, 9.17) is 0 Å². The molecule has 3 nitrogen and oxygen atoms in total. The van der Waals surface area contributed by atoms with Gasteiger partial charge in [-0.05, 0) is 30.0 Å². The summed E-state index contributed by atoms with van der Waals surface area (Å²) in [4.78, 5) is 14.3. The van der Waals surface area contributed by atoms with E-state index >= 15 is 0 Å². The van der Waals surface area contributed by atoms with Crippen molar-refractivity contribution >= 4 is 18.3 Å². The van der Waals surface area contributed by atoms with Gasteiger partial charge < -0.3 is 10.2 Å². The number of carbonyl (C=O) groups excluding carboxylic acids is 1. The topological polar surface area (TPSA) is 32.3 Å². The number of amides is 1. The number of hydrogen-bond donors (Lipinski definition) is 1. The number of nitrogens with one attached hydrogen (secondary N) is 1. The van der Waals surface area contributed by atoms with Crippen LogP contribution in [0.2, 0.25) is 0 Å². The molecule has 1 aliphatic carbocycles. The number of nitrogens with zero attached hydrogens (tertiary/aromatic N) is 1. The summed E-state index contributed by atoms with van der Waals surface area (Å²) in [6.07, 6.45) is 4.21. The van der Waals surface area contributed by atoms with Crippen LogP contribution in [-0.4, -0.2) is 30.4 Å². The summed E-state index contributed by atoms with van der Waals surface area (Å²) in [5.74, 6) is 0.751. The molecule has 0 spiro atoms. The average Bonchev–Trinajstić information content (AvgIpc) is 3.29. The van der Waals surface area contributed by atoms with E-state index in [0.29, 0.717) is 19.5 Å².